The Hall–Kier alpha value is 0. The van der Waals surface area contributed by atoms with E-state index in [-0.39, 0.29) is 0 Å². The van der Waals surface area contributed by atoms with Crippen LogP contribution in [-0.2, 0) is 0 Å². The second kappa shape index (κ2) is 4.35. The zero-order valence-electron chi connectivity index (χ0n) is 11.8. The van der Waals surface area contributed by atoms with Gasteiger partial charge in [-0.2, -0.15) is 0 Å². The standard InChI is InChI=1S/C16H30/c1-13(2)15-7-5-9-16(12-11-15,14(3)4)10-6-8-15/h13-14H,5-12H2,1-4H3. The van der Waals surface area contributed by atoms with Crippen molar-refractivity contribution in [1.29, 1.82) is 0 Å². The Morgan fingerprint density at radius 3 is 1.12 bits per heavy atom. The summed E-state index contributed by atoms with van der Waals surface area (Å²) in [6, 6.07) is 0. The molecule has 2 aliphatic rings. The van der Waals surface area contributed by atoms with Gasteiger partial charge in [0, 0.05) is 0 Å². The van der Waals surface area contributed by atoms with E-state index in [1.54, 1.807) is 0 Å². The summed E-state index contributed by atoms with van der Waals surface area (Å²) in [4.78, 5) is 0. The van der Waals surface area contributed by atoms with E-state index < -0.39 is 0 Å². The van der Waals surface area contributed by atoms with Gasteiger partial charge in [0.05, 0.1) is 0 Å². The molecule has 0 heterocycles. The summed E-state index contributed by atoms with van der Waals surface area (Å²) in [6.45, 7) is 9.86. The molecule has 2 aliphatic carbocycles. The Bertz CT molecular complexity index is 202. The maximum Gasteiger partial charge on any atom is -0.0274 e. The third-order valence-electron chi connectivity index (χ3n) is 6.27. The van der Waals surface area contributed by atoms with E-state index in [9.17, 15) is 0 Å². The van der Waals surface area contributed by atoms with Gasteiger partial charge in [-0.1, -0.05) is 40.5 Å². The third-order valence-corrected chi connectivity index (χ3v) is 6.27. The summed E-state index contributed by atoms with van der Waals surface area (Å²) in [5, 5.41) is 0. The minimum absolute atomic E-state index is 0.715. The largest absolute Gasteiger partial charge is 0.0622 e. The molecule has 0 spiro atoms. The molecule has 0 saturated heterocycles. The molecule has 0 heteroatoms. The van der Waals surface area contributed by atoms with E-state index in [0.717, 1.165) is 11.8 Å². The Kier molecular flexibility index (Phi) is 3.39. The Morgan fingerprint density at radius 2 is 0.875 bits per heavy atom. The van der Waals surface area contributed by atoms with Crippen molar-refractivity contribution in [1.82, 2.24) is 0 Å². The summed E-state index contributed by atoms with van der Waals surface area (Å²) in [5.74, 6) is 1.79. The molecule has 0 aromatic carbocycles. The van der Waals surface area contributed by atoms with Crippen molar-refractivity contribution in [2.75, 3.05) is 0 Å². The second-order valence-electron chi connectivity index (χ2n) is 7.24. The average molecular weight is 222 g/mol. The summed E-state index contributed by atoms with van der Waals surface area (Å²) in [6.07, 6.45) is 12.1. The molecule has 0 atom stereocenters. The lowest BCUT2D eigenvalue weighted by Crippen LogP contribution is -2.26. The van der Waals surface area contributed by atoms with Gasteiger partial charge in [-0.25, -0.2) is 0 Å². The van der Waals surface area contributed by atoms with Crippen molar-refractivity contribution < 1.29 is 0 Å². The topological polar surface area (TPSA) is 0 Å². The van der Waals surface area contributed by atoms with Crippen LogP contribution in [0.25, 0.3) is 0 Å². The molecule has 0 aromatic heterocycles. The monoisotopic (exact) mass is 222 g/mol. The summed E-state index contributed by atoms with van der Waals surface area (Å²) < 4.78 is 0. The van der Waals surface area contributed by atoms with Crippen LogP contribution in [0.1, 0.15) is 79.1 Å². The highest BCUT2D eigenvalue weighted by molar-refractivity contribution is 4.96. The molecule has 0 aliphatic heterocycles. The first-order valence-electron chi connectivity index (χ1n) is 7.51. The van der Waals surface area contributed by atoms with Gasteiger partial charge in [0.2, 0.25) is 0 Å². The van der Waals surface area contributed by atoms with Crippen LogP contribution < -0.4 is 0 Å². The molecule has 0 unspecified atom stereocenters. The van der Waals surface area contributed by atoms with Gasteiger partial charge >= 0.3 is 0 Å². The summed E-state index contributed by atoms with van der Waals surface area (Å²) >= 11 is 0. The number of fused-ring (bicyclic) bond motifs is 3. The molecule has 0 amide bonds. The highest BCUT2D eigenvalue weighted by Crippen LogP contribution is 2.56. The van der Waals surface area contributed by atoms with Crippen LogP contribution in [0.4, 0.5) is 0 Å². The van der Waals surface area contributed by atoms with Crippen molar-refractivity contribution >= 4 is 0 Å². The van der Waals surface area contributed by atoms with Crippen molar-refractivity contribution in [2.45, 2.75) is 79.1 Å². The van der Waals surface area contributed by atoms with Gasteiger partial charge in [0.15, 0.2) is 0 Å². The normalized spacial score (nSPS) is 40.1. The molecule has 0 aromatic rings. The first-order valence-corrected chi connectivity index (χ1v) is 7.51. The zero-order valence-corrected chi connectivity index (χ0v) is 11.8. The maximum absolute atomic E-state index is 2.47. The van der Waals surface area contributed by atoms with Crippen LogP contribution in [0.2, 0.25) is 0 Å². The molecule has 2 saturated carbocycles. The lowest BCUT2D eigenvalue weighted by Gasteiger charge is -2.37. The lowest BCUT2D eigenvalue weighted by atomic mass is 9.68. The molecule has 0 N–H and O–H groups in total. The van der Waals surface area contributed by atoms with Gasteiger partial charge in [-0.05, 0) is 61.2 Å². The minimum Gasteiger partial charge on any atom is -0.0622 e. The molecule has 0 radical (unpaired) electrons. The van der Waals surface area contributed by atoms with Crippen LogP contribution >= 0.6 is 0 Å². The van der Waals surface area contributed by atoms with Crippen molar-refractivity contribution in [3.05, 3.63) is 0 Å². The fourth-order valence-electron chi connectivity index (χ4n) is 4.56. The van der Waals surface area contributed by atoms with Crippen LogP contribution in [0.5, 0.6) is 0 Å². The van der Waals surface area contributed by atoms with Gasteiger partial charge in [0.1, 0.15) is 0 Å². The fourth-order valence-corrected chi connectivity index (χ4v) is 4.56. The molecule has 94 valence electrons. The Morgan fingerprint density at radius 1 is 0.562 bits per heavy atom. The predicted molar refractivity (Wildman–Crippen MR) is 71.5 cm³/mol. The average Bonchev–Trinajstić information content (AvgIpc) is 2.47. The van der Waals surface area contributed by atoms with E-state index in [4.69, 9.17) is 0 Å². The first kappa shape index (κ1) is 12.5. The fraction of sp³-hybridized carbons (Fsp3) is 1.00. The third kappa shape index (κ3) is 1.93. The molecule has 2 rings (SSSR count). The van der Waals surface area contributed by atoms with Crippen molar-refractivity contribution in [3.63, 3.8) is 0 Å². The van der Waals surface area contributed by atoms with Gasteiger partial charge in [0.25, 0.3) is 0 Å². The maximum atomic E-state index is 2.47. The molecular weight excluding hydrogens is 192 g/mol. The summed E-state index contributed by atoms with van der Waals surface area (Å²) in [5.41, 5.74) is 1.43. The van der Waals surface area contributed by atoms with E-state index in [1.165, 1.54) is 51.4 Å². The number of hydrogen-bond acceptors (Lipinski definition) is 0. The summed E-state index contributed by atoms with van der Waals surface area (Å²) in [7, 11) is 0. The molecule has 2 bridgehead atoms. The van der Waals surface area contributed by atoms with Crippen LogP contribution in [0.3, 0.4) is 0 Å². The van der Waals surface area contributed by atoms with E-state index >= 15 is 0 Å². The Balaban J connectivity index is 2.23. The van der Waals surface area contributed by atoms with Crippen LogP contribution in [0.15, 0.2) is 0 Å². The number of hydrogen-bond donors (Lipinski definition) is 0. The molecule has 0 nitrogen and oxygen atoms in total. The van der Waals surface area contributed by atoms with Crippen LogP contribution in [-0.4, -0.2) is 0 Å². The predicted octanol–water partition coefficient (Wildman–Crippen LogP) is 5.42. The second-order valence-corrected chi connectivity index (χ2v) is 7.24. The lowest BCUT2D eigenvalue weighted by molar-refractivity contribution is 0.136. The molecule has 16 heavy (non-hydrogen) atoms. The molecular formula is C16H30. The molecule has 2 fully saturated rings. The smallest absolute Gasteiger partial charge is 0.0274 e. The highest BCUT2D eigenvalue weighted by atomic mass is 14.5. The zero-order chi connectivity index (χ0) is 11.8. The van der Waals surface area contributed by atoms with E-state index in [2.05, 4.69) is 27.7 Å². The van der Waals surface area contributed by atoms with Crippen LogP contribution in [0, 0.1) is 22.7 Å². The van der Waals surface area contributed by atoms with Gasteiger partial charge in [-0.3, -0.25) is 0 Å². The highest BCUT2D eigenvalue weighted by Gasteiger charge is 2.45. The van der Waals surface area contributed by atoms with Gasteiger partial charge in [-0.15, -0.1) is 0 Å². The van der Waals surface area contributed by atoms with Gasteiger partial charge < -0.3 is 0 Å². The minimum atomic E-state index is 0.715. The first-order chi connectivity index (χ1) is 7.51. The number of rotatable bonds is 2. The quantitative estimate of drug-likeness (QED) is 0.585. The van der Waals surface area contributed by atoms with E-state index in [0.29, 0.717) is 10.8 Å². The van der Waals surface area contributed by atoms with E-state index in [1.807, 2.05) is 0 Å². The Labute approximate surface area is 102 Å². The van der Waals surface area contributed by atoms with Crippen molar-refractivity contribution in [3.8, 4) is 0 Å². The SMILES string of the molecule is CC(C)C12CCCC(C(C)C)(CCC1)CC2. The van der Waals surface area contributed by atoms with Crippen molar-refractivity contribution in [2.24, 2.45) is 22.7 Å².